The zero-order valence-electron chi connectivity index (χ0n) is 14.8. The van der Waals surface area contributed by atoms with Crippen molar-refractivity contribution in [3.63, 3.8) is 0 Å². The van der Waals surface area contributed by atoms with Crippen LogP contribution in [0.5, 0.6) is 11.5 Å². The third kappa shape index (κ3) is 3.19. The lowest BCUT2D eigenvalue weighted by Gasteiger charge is -2.13. The minimum absolute atomic E-state index is 0.0293. The number of rotatable bonds is 5. The minimum atomic E-state index is -0.0968. The molecule has 5 heteroatoms. The van der Waals surface area contributed by atoms with Crippen molar-refractivity contribution in [3.05, 3.63) is 53.1 Å². The molecule has 0 bridgehead atoms. The Morgan fingerprint density at radius 1 is 1.08 bits per heavy atom. The highest BCUT2D eigenvalue weighted by molar-refractivity contribution is 6.32. The van der Waals surface area contributed by atoms with Crippen LogP contribution in [0.3, 0.4) is 0 Å². The molecule has 1 fully saturated rings. The van der Waals surface area contributed by atoms with Gasteiger partial charge in [0.1, 0.15) is 11.5 Å². The van der Waals surface area contributed by atoms with E-state index in [0.29, 0.717) is 22.2 Å². The maximum absolute atomic E-state index is 12.9. The molecular formula is C20H22ClNO3. The van der Waals surface area contributed by atoms with Crippen LogP contribution in [-0.2, 0) is 4.79 Å². The quantitative estimate of drug-likeness (QED) is 0.839. The topological polar surface area (TPSA) is 47.6 Å². The molecule has 0 saturated heterocycles. The summed E-state index contributed by atoms with van der Waals surface area (Å²) in [5, 5.41) is 3.39. The first-order valence-corrected chi connectivity index (χ1v) is 8.55. The van der Waals surface area contributed by atoms with Crippen molar-refractivity contribution in [2.45, 2.75) is 19.8 Å². The highest BCUT2D eigenvalue weighted by atomic mass is 35.5. The van der Waals surface area contributed by atoms with Gasteiger partial charge in [-0.1, -0.05) is 55.8 Å². The summed E-state index contributed by atoms with van der Waals surface area (Å²) in [6, 6.07) is 13.5. The van der Waals surface area contributed by atoms with Gasteiger partial charge in [-0.05, 0) is 17.0 Å². The largest absolute Gasteiger partial charge is 0.495 e. The van der Waals surface area contributed by atoms with Gasteiger partial charge >= 0.3 is 0 Å². The van der Waals surface area contributed by atoms with Crippen molar-refractivity contribution in [1.82, 2.24) is 0 Å². The summed E-state index contributed by atoms with van der Waals surface area (Å²) >= 11 is 6.19. The van der Waals surface area contributed by atoms with Crippen molar-refractivity contribution in [3.8, 4) is 11.5 Å². The van der Waals surface area contributed by atoms with Crippen molar-refractivity contribution in [2.75, 3.05) is 19.5 Å². The van der Waals surface area contributed by atoms with Crippen molar-refractivity contribution in [1.29, 1.82) is 0 Å². The number of hydrogen-bond acceptors (Lipinski definition) is 3. The normalized spacial score (nSPS) is 20.7. The molecule has 0 heterocycles. The van der Waals surface area contributed by atoms with Crippen LogP contribution in [0.4, 0.5) is 5.69 Å². The Bertz CT molecular complexity index is 789. The van der Waals surface area contributed by atoms with Crippen LogP contribution in [0.1, 0.15) is 25.3 Å². The van der Waals surface area contributed by atoms with Crippen LogP contribution in [0.25, 0.3) is 0 Å². The molecule has 0 radical (unpaired) electrons. The van der Waals surface area contributed by atoms with E-state index in [2.05, 4.69) is 31.3 Å². The Kier molecular flexibility index (Phi) is 4.65. The number of carbonyl (C=O) groups excluding carboxylic acids is 1. The van der Waals surface area contributed by atoms with Crippen LogP contribution in [-0.4, -0.2) is 20.1 Å². The molecule has 0 spiro atoms. The van der Waals surface area contributed by atoms with E-state index in [-0.39, 0.29) is 23.2 Å². The zero-order chi connectivity index (χ0) is 18.2. The molecule has 2 aromatic rings. The second-order valence-corrected chi connectivity index (χ2v) is 7.27. The van der Waals surface area contributed by atoms with Gasteiger partial charge in [0, 0.05) is 12.0 Å². The summed E-state index contributed by atoms with van der Waals surface area (Å²) in [4.78, 5) is 12.9. The smallest absolute Gasteiger partial charge is 0.228 e. The fourth-order valence-corrected chi connectivity index (χ4v) is 3.82. The van der Waals surface area contributed by atoms with E-state index in [1.807, 2.05) is 18.2 Å². The van der Waals surface area contributed by atoms with Crippen LogP contribution in [0.15, 0.2) is 42.5 Å². The van der Waals surface area contributed by atoms with E-state index < -0.39 is 0 Å². The fourth-order valence-electron chi connectivity index (χ4n) is 3.58. The van der Waals surface area contributed by atoms with Crippen molar-refractivity contribution in [2.24, 2.45) is 11.3 Å². The lowest BCUT2D eigenvalue weighted by Crippen LogP contribution is -2.17. The lowest BCUT2D eigenvalue weighted by molar-refractivity contribution is -0.118. The number of carbonyl (C=O) groups is 1. The summed E-state index contributed by atoms with van der Waals surface area (Å²) in [5.74, 6) is 1.10. The van der Waals surface area contributed by atoms with Crippen LogP contribution < -0.4 is 14.8 Å². The zero-order valence-corrected chi connectivity index (χ0v) is 15.6. The van der Waals surface area contributed by atoms with Gasteiger partial charge in [0.15, 0.2) is 0 Å². The maximum Gasteiger partial charge on any atom is 0.228 e. The molecule has 0 aromatic heterocycles. The van der Waals surface area contributed by atoms with Gasteiger partial charge in [0.05, 0.1) is 30.8 Å². The average molecular weight is 360 g/mol. The third-order valence-corrected chi connectivity index (χ3v) is 5.30. The summed E-state index contributed by atoms with van der Waals surface area (Å²) in [6.07, 6.45) is 0. The van der Waals surface area contributed by atoms with Crippen molar-refractivity contribution >= 4 is 23.2 Å². The molecule has 2 aromatic carbocycles. The van der Waals surface area contributed by atoms with Gasteiger partial charge in [-0.3, -0.25) is 4.79 Å². The molecular weight excluding hydrogens is 338 g/mol. The van der Waals surface area contributed by atoms with E-state index in [9.17, 15) is 4.79 Å². The molecule has 0 aliphatic heterocycles. The van der Waals surface area contributed by atoms with Crippen molar-refractivity contribution < 1.29 is 14.3 Å². The highest BCUT2D eigenvalue weighted by Gasteiger charge is 2.62. The molecule has 1 amide bonds. The van der Waals surface area contributed by atoms with E-state index in [0.717, 1.165) is 0 Å². The van der Waals surface area contributed by atoms with E-state index in [1.165, 1.54) is 12.7 Å². The predicted octanol–water partition coefficient (Wildman–Crippen LogP) is 4.74. The number of anilines is 1. The molecule has 25 heavy (non-hydrogen) atoms. The molecule has 1 N–H and O–H groups in total. The van der Waals surface area contributed by atoms with E-state index in [4.69, 9.17) is 21.1 Å². The summed E-state index contributed by atoms with van der Waals surface area (Å²) in [5.41, 5.74) is 1.65. The SMILES string of the molecule is COc1cc(OC)c(NC(=O)[C@@H]2[C@@H](c3ccccc3)C2(C)C)cc1Cl. The summed E-state index contributed by atoms with van der Waals surface area (Å²) < 4.78 is 10.5. The molecule has 1 aliphatic rings. The van der Waals surface area contributed by atoms with Crippen LogP contribution >= 0.6 is 11.6 Å². The predicted molar refractivity (Wildman–Crippen MR) is 99.6 cm³/mol. The van der Waals surface area contributed by atoms with E-state index >= 15 is 0 Å². The van der Waals surface area contributed by atoms with E-state index in [1.54, 1.807) is 19.2 Å². The second kappa shape index (κ2) is 6.60. The minimum Gasteiger partial charge on any atom is -0.495 e. The Morgan fingerprint density at radius 2 is 1.72 bits per heavy atom. The molecule has 2 atom stereocenters. The monoisotopic (exact) mass is 359 g/mol. The molecule has 1 aliphatic carbocycles. The maximum atomic E-state index is 12.9. The average Bonchev–Trinajstić information content (AvgIpc) is 3.18. The Balaban J connectivity index is 1.83. The second-order valence-electron chi connectivity index (χ2n) is 6.86. The summed E-state index contributed by atoms with van der Waals surface area (Å²) in [6.45, 7) is 4.24. The number of nitrogens with one attached hydrogen (secondary N) is 1. The third-order valence-electron chi connectivity index (χ3n) is 5.00. The molecule has 1 saturated carbocycles. The van der Waals surface area contributed by atoms with Gasteiger partial charge in [0.2, 0.25) is 5.91 Å². The number of amides is 1. The highest BCUT2D eigenvalue weighted by Crippen LogP contribution is 2.64. The number of ether oxygens (including phenoxy) is 2. The number of benzene rings is 2. The Morgan fingerprint density at radius 3 is 2.32 bits per heavy atom. The molecule has 3 rings (SSSR count). The number of hydrogen-bond donors (Lipinski definition) is 1. The number of halogens is 1. The van der Waals surface area contributed by atoms with Gasteiger partial charge < -0.3 is 14.8 Å². The standard InChI is InChI=1S/C20H22ClNO3/c1-20(2)17(12-8-6-5-7-9-12)18(20)19(23)22-14-10-13(21)15(24-3)11-16(14)25-4/h5-11,17-18H,1-4H3,(H,22,23)/t17-,18+/m1/s1. The molecule has 0 unspecified atom stereocenters. The first kappa shape index (κ1) is 17.6. The van der Waals surface area contributed by atoms with Gasteiger partial charge in [-0.15, -0.1) is 0 Å². The van der Waals surface area contributed by atoms with Gasteiger partial charge in [-0.25, -0.2) is 0 Å². The lowest BCUT2D eigenvalue weighted by atomic mass is 10.0. The first-order chi connectivity index (χ1) is 11.9. The van der Waals surface area contributed by atoms with Crippen LogP contribution in [0.2, 0.25) is 5.02 Å². The Labute approximate surface area is 153 Å². The molecule has 4 nitrogen and oxygen atoms in total. The summed E-state index contributed by atoms with van der Waals surface area (Å²) in [7, 11) is 3.09. The fraction of sp³-hybridized carbons (Fsp3) is 0.350. The van der Waals surface area contributed by atoms with Gasteiger partial charge in [-0.2, -0.15) is 0 Å². The van der Waals surface area contributed by atoms with Crippen LogP contribution in [0, 0.1) is 11.3 Å². The Hall–Kier alpha value is -2.20. The first-order valence-electron chi connectivity index (χ1n) is 8.17. The number of methoxy groups -OCH3 is 2. The molecule has 132 valence electrons. The van der Waals surface area contributed by atoms with Gasteiger partial charge in [0.25, 0.3) is 0 Å².